The van der Waals surface area contributed by atoms with Gasteiger partial charge in [-0.25, -0.2) is 4.39 Å². The molecule has 14 heavy (non-hydrogen) atoms. The van der Waals surface area contributed by atoms with Crippen molar-refractivity contribution in [1.82, 2.24) is 0 Å². The van der Waals surface area contributed by atoms with Crippen LogP contribution in [0.4, 0.5) is 4.39 Å². The van der Waals surface area contributed by atoms with Crippen molar-refractivity contribution in [2.75, 3.05) is 13.2 Å². The van der Waals surface area contributed by atoms with E-state index >= 15 is 0 Å². The number of benzene rings is 1. The maximum atomic E-state index is 13.3. The van der Waals surface area contributed by atoms with Crippen molar-refractivity contribution in [2.45, 2.75) is 13.0 Å². The van der Waals surface area contributed by atoms with Gasteiger partial charge in [0.15, 0.2) is 11.6 Å². The number of rotatable bonds is 4. The molecular weight excluding hydrogens is 185 g/mol. The van der Waals surface area contributed by atoms with Crippen LogP contribution in [0.25, 0.3) is 0 Å². The van der Waals surface area contributed by atoms with Crippen LogP contribution in [0.5, 0.6) is 5.75 Å². The molecular formula is C10H14FNO2. The summed E-state index contributed by atoms with van der Waals surface area (Å²) in [6.07, 6.45) is -0.819. The van der Waals surface area contributed by atoms with E-state index in [0.717, 1.165) is 0 Å². The average molecular weight is 199 g/mol. The average Bonchev–Trinajstić information content (AvgIpc) is 2.20. The molecule has 0 spiro atoms. The minimum atomic E-state index is -0.819. The van der Waals surface area contributed by atoms with Crippen LogP contribution < -0.4 is 10.5 Å². The van der Waals surface area contributed by atoms with Crippen LogP contribution in [0.15, 0.2) is 18.2 Å². The van der Waals surface area contributed by atoms with Crippen molar-refractivity contribution in [1.29, 1.82) is 0 Å². The molecule has 0 aliphatic heterocycles. The Hall–Kier alpha value is -1.13. The van der Waals surface area contributed by atoms with Gasteiger partial charge in [0.1, 0.15) is 0 Å². The first-order valence-corrected chi connectivity index (χ1v) is 4.49. The Balaban J connectivity index is 2.88. The summed E-state index contributed by atoms with van der Waals surface area (Å²) in [6.45, 7) is 2.27. The van der Waals surface area contributed by atoms with Gasteiger partial charge in [0.05, 0.1) is 12.7 Å². The standard InChI is InChI=1S/C10H14FNO2/c1-2-14-10-4-3-7(5-8(10)11)9(13)6-12/h3-5,9,13H,2,6,12H2,1H3. The lowest BCUT2D eigenvalue weighted by Crippen LogP contribution is -2.11. The predicted octanol–water partition coefficient (Wildman–Crippen LogP) is 1.22. The Bertz CT molecular complexity index is 304. The Morgan fingerprint density at radius 3 is 2.79 bits per heavy atom. The fraction of sp³-hybridized carbons (Fsp3) is 0.400. The molecule has 0 heterocycles. The molecule has 1 aromatic rings. The molecule has 0 radical (unpaired) electrons. The van der Waals surface area contributed by atoms with Crippen molar-refractivity contribution in [3.63, 3.8) is 0 Å². The van der Waals surface area contributed by atoms with Gasteiger partial charge < -0.3 is 15.6 Å². The van der Waals surface area contributed by atoms with Crippen LogP contribution >= 0.6 is 0 Å². The van der Waals surface area contributed by atoms with Crippen LogP contribution in [0.2, 0.25) is 0 Å². The molecule has 4 heteroatoms. The summed E-state index contributed by atoms with van der Waals surface area (Å²) in [7, 11) is 0. The second-order valence-corrected chi connectivity index (χ2v) is 2.87. The summed E-state index contributed by atoms with van der Waals surface area (Å²) in [6, 6.07) is 4.33. The highest BCUT2D eigenvalue weighted by Crippen LogP contribution is 2.21. The summed E-state index contributed by atoms with van der Waals surface area (Å²) in [5.74, 6) is -0.280. The monoisotopic (exact) mass is 199 g/mol. The van der Waals surface area contributed by atoms with Crippen LogP contribution in [0.3, 0.4) is 0 Å². The molecule has 1 rings (SSSR count). The third kappa shape index (κ3) is 2.43. The van der Waals surface area contributed by atoms with E-state index in [1.807, 2.05) is 0 Å². The Morgan fingerprint density at radius 1 is 1.57 bits per heavy atom. The molecule has 1 atom stereocenters. The molecule has 1 aromatic carbocycles. The number of hydrogen-bond donors (Lipinski definition) is 2. The van der Waals surface area contributed by atoms with Gasteiger partial charge in [0.2, 0.25) is 0 Å². The second-order valence-electron chi connectivity index (χ2n) is 2.87. The molecule has 0 amide bonds. The molecule has 3 nitrogen and oxygen atoms in total. The predicted molar refractivity (Wildman–Crippen MR) is 51.6 cm³/mol. The van der Waals surface area contributed by atoms with E-state index in [1.165, 1.54) is 12.1 Å². The normalized spacial score (nSPS) is 12.6. The number of hydrogen-bond acceptors (Lipinski definition) is 3. The zero-order valence-electron chi connectivity index (χ0n) is 8.03. The number of aliphatic hydroxyl groups is 1. The third-order valence-electron chi connectivity index (χ3n) is 1.86. The molecule has 3 N–H and O–H groups in total. The van der Waals surface area contributed by atoms with Crippen LogP contribution in [-0.2, 0) is 0 Å². The molecule has 0 aromatic heterocycles. The van der Waals surface area contributed by atoms with Crippen LogP contribution in [0, 0.1) is 5.82 Å². The molecule has 0 saturated heterocycles. The smallest absolute Gasteiger partial charge is 0.165 e. The van der Waals surface area contributed by atoms with Gasteiger partial charge >= 0.3 is 0 Å². The highest BCUT2D eigenvalue weighted by atomic mass is 19.1. The summed E-state index contributed by atoms with van der Waals surface area (Å²) in [4.78, 5) is 0. The van der Waals surface area contributed by atoms with E-state index in [4.69, 9.17) is 10.5 Å². The molecule has 1 unspecified atom stereocenters. The van der Waals surface area contributed by atoms with E-state index in [1.54, 1.807) is 13.0 Å². The van der Waals surface area contributed by atoms with E-state index in [0.29, 0.717) is 12.2 Å². The molecule has 78 valence electrons. The fourth-order valence-electron chi connectivity index (χ4n) is 1.13. The van der Waals surface area contributed by atoms with Gasteiger partial charge in [0, 0.05) is 6.54 Å². The first-order chi connectivity index (χ1) is 6.69. The van der Waals surface area contributed by atoms with Crippen molar-refractivity contribution in [2.24, 2.45) is 5.73 Å². The topological polar surface area (TPSA) is 55.5 Å². The van der Waals surface area contributed by atoms with E-state index in [2.05, 4.69) is 0 Å². The van der Waals surface area contributed by atoms with Crippen molar-refractivity contribution in [3.05, 3.63) is 29.6 Å². The quantitative estimate of drug-likeness (QED) is 0.766. The lowest BCUT2D eigenvalue weighted by Gasteiger charge is -2.10. The zero-order chi connectivity index (χ0) is 10.6. The minimum absolute atomic E-state index is 0.0768. The van der Waals surface area contributed by atoms with Gasteiger partial charge in [-0.15, -0.1) is 0 Å². The number of ether oxygens (including phenoxy) is 1. The highest BCUT2D eigenvalue weighted by Gasteiger charge is 2.09. The lowest BCUT2D eigenvalue weighted by molar-refractivity contribution is 0.186. The maximum Gasteiger partial charge on any atom is 0.165 e. The van der Waals surface area contributed by atoms with Crippen molar-refractivity contribution >= 4 is 0 Å². The largest absolute Gasteiger partial charge is 0.491 e. The van der Waals surface area contributed by atoms with Gasteiger partial charge in [-0.1, -0.05) is 6.07 Å². The SMILES string of the molecule is CCOc1ccc(C(O)CN)cc1F. The van der Waals surface area contributed by atoms with Gasteiger partial charge in [-0.05, 0) is 24.6 Å². The van der Waals surface area contributed by atoms with Crippen LogP contribution in [0.1, 0.15) is 18.6 Å². The molecule has 0 aliphatic carbocycles. The fourth-order valence-corrected chi connectivity index (χ4v) is 1.13. The van der Waals surface area contributed by atoms with Crippen molar-refractivity contribution in [3.8, 4) is 5.75 Å². The number of nitrogens with two attached hydrogens (primary N) is 1. The number of halogens is 1. The van der Waals surface area contributed by atoms with E-state index in [9.17, 15) is 9.50 Å². The van der Waals surface area contributed by atoms with Crippen LogP contribution in [-0.4, -0.2) is 18.3 Å². The summed E-state index contributed by atoms with van der Waals surface area (Å²) < 4.78 is 18.3. The molecule has 0 aliphatic rings. The van der Waals surface area contributed by atoms with Gasteiger partial charge in [-0.3, -0.25) is 0 Å². The Morgan fingerprint density at radius 2 is 2.29 bits per heavy atom. The van der Waals surface area contributed by atoms with Gasteiger partial charge in [0.25, 0.3) is 0 Å². The van der Waals surface area contributed by atoms with Crippen molar-refractivity contribution < 1.29 is 14.2 Å². The summed E-state index contributed by atoms with van der Waals surface area (Å²) in [5, 5.41) is 9.34. The molecule has 0 fully saturated rings. The van der Waals surface area contributed by atoms with Gasteiger partial charge in [-0.2, -0.15) is 0 Å². The molecule has 0 bridgehead atoms. The summed E-state index contributed by atoms with van der Waals surface area (Å²) >= 11 is 0. The van der Waals surface area contributed by atoms with E-state index < -0.39 is 11.9 Å². The minimum Gasteiger partial charge on any atom is -0.491 e. The Labute approximate surface area is 82.3 Å². The first kappa shape index (κ1) is 10.9. The first-order valence-electron chi connectivity index (χ1n) is 4.49. The Kier molecular flexibility index (Phi) is 3.85. The third-order valence-corrected chi connectivity index (χ3v) is 1.86. The molecule has 0 saturated carbocycles. The number of aliphatic hydroxyl groups excluding tert-OH is 1. The highest BCUT2D eigenvalue weighted by molar-refractivity contribution is 5.30. The zero-order valence-corrected chi connectivity index (χ0v) is 8.03. The summed E-state index contributed by atoms with van der Waals surface area (Å²) in [5.41, 5.74) is 5.71. The lowest BCUT2D eigenvalue weighted by atomic mass is 10.1. The maximum absolute atomic E-state index is 13.3. The second kappa shape index (κ2) is 4.93. The van der Waals surface area contributed by atoms with E-state index in [-0.39, 0.29) is 12.3 Å².